The zero-order valence-electron chi connectivity index (χ0n) is 23.1. The fourth-order valence-electron chi connectivity index (χ4n) is 6.29. The number of morpholine rings is 1. The quantitative estimate of drug-likeness (QED) is 0.301. The number of ether oxygens (including phenoxy) is 2. The standard InChI is InChI=1S/C25H30B5N3O6/c26-15-8-12(22(28)32-6-7-38-11-20(32)35)9-16(27)21(15)25(29,30)39-18-3-1-2-13-14(18)10-33(24(13)37)17-4-5-19(34)31-23(17)36/h1-3,8-9,17,22H,4-7,10-11,26-30H2,(H,31,34,36). The van der Waals surface area contributed by atoms with Gasteiger partial charge in [0.15, 0.2) is 15.7 Å². The van der Waals surface area contributed by atoms with E-state index >= 15 is 0 Å². The van der Waals surface area contributed by atoms with Crippen LogP contribution >= 0.6 is 0 Å². The first-order chi connectivity index (χ1) is 18.5. The molecule has 5 rings (SSSR count). The van der Waals surface area contributed by atoms with Crippen molar-refractivity contribution >= 4 is 73.8 Å². The molecule has 3 heterocycles. The minimum Gasteiger partial charge on any atom is -0.501 e. The summed E-state index contributed by atoms with van der Waals surface area (Å²) in [5.74, 6) is -0.459. The third kappa shape index (κ3) is 5.02. The molecule has 2 aromatic rings. The number of benzene rings is 2. The lowest BCUT2D eigenvalue weighted by atomic mass is 9.55. The maximum atomic E-state index is 13.2. The van der Waals surface area contributed by atoms with Gasteiger partial charge in [0.2, 0.25) is 17.7 Å². The number of rotatable bonds is 6. The van der Waals surface area contributed by atoms with Crippen LogP contribution in [-0.4, -0.2) is 98.5 Å². The molecule has 0 radical (unpaired) electrons. The van der Waals surface area contributed by atoms with Gasteiger partial charge in [0.05, 0.1) is 18.6 Å². The van der Waals surface area contributed by atoms with E-state index in [4.69, 9.17) is 9.47 Å². The Morgan fingerprint density at radius 3 is 2.49 bits per heavy atom. The number of hydrogen-bond donors (Lipinski definition) is 1. The minimum atomic E-state index is -0.731. The first kappa shape index (κ1) is 27.2. The summed E-state index contributed by atoms with van der Waals surface area (Å²) < 4.78 is 11.9. The monoisotopic (exact) mass is 523 g/mol. The highest BCUT2D eigenvalue weighted by Crippen LogP contribution is 2.35. The summed E-state index contributed by atoms with van der Waals surface area (Å²) in [5, 5.41) is 1.61. The van der Waals surface area contributed by atoms with Gasteiger partial charge in [0.1, 0.15) is 41.9 Å². The summed E-state index contributed by atoms with van der Waals surface area (Å²) in [6.07, 6.45) is 0.519. The number of imide groups is 1. The van der Waals surface area contributed by atoms with Crippen molar-refractivity contribution in [3.05, 3.63) is 52.6 Å². The Labute approximate surface area is 232 Å². The average Bonchev–Trinajstić information content (AvgIpc) is 3.20. The molecule has 2 aromatic carbocycles. The van der Waals surface area contributed by atoms with Crippen LogP contribution in [0.1, 0.15) is 45.8 Å². The second-order valence-electron chi connectivity index (χ2n) is 11.1. The summed E-state index contributed by atoms with van der Waals surface area (Å²) in [7, 11) is 10.1. The molecule has 3 aliphatic heterocycles. The molecule has 39 heavy (non-hydrogen) atoms. The van der Waals surface area contributed by atoms with Gasteiger partial charge in [-0.3, -0.25) is 24.5 Å². The molecule has 0 aromatic heterocycles. The highest BCUT2D eigenvalue weighted by Gasteiger charge is 2.41. The Bertz CT molecular complexity index is 1360. The predicted octanol–water partition coefficient (Wildman–Crippen LogP) is -5.09. The average molecular weight is 523 g/mol. The van der Waals surface area contributed by atoms with Crippen molar-refractivity contribution in [3.8, 4) is 5.75 Å². The lowest BCUT2D eigenvalue weighted by Gasteiger charge is -2.35. The van der Waals surface area contributed by atoms with Crippen molar-refractivity contribution < 1.29 is 28.7 Å². The van der Waals surface area contributed by atoms with Gasteiger partial charge < -0.3 is 19.3 Å². The summed E-state index contributed by atoms with van der Waals surface area (Å²) in [5.41, 5.74) is 5.46. The zero-order valence-corrected chi connectivity index (χ0v) is 23.1. The molecule has 14 heteroatoms. The van der Waals surface area contributed by atoms with Gasteiger partial charge in [-0.05, 0) is 29.7 Å². The summed E-state index contributed by atoms with van der Waals surface area (Å²) in [6.45, 7) is 1.47. The van der Waals surface area contributed by atoms with E-state index in [1.807, 2.05) is 34.5 Å². The Balaban J connectivity index is 1.40. The largest absolute Gasteiger partial charge is 0.501 e. The molecular weight excluding hydrogens is 492 g/mol. The molecule has 9 nitrogen and oxygen atoms in total. The minimum absolute atomic E-state index is 0.00405. The van der Waals surface area contributed by atoms with Crippen LogP contribution < -0.4 is 21.0 Å². The van der Waals surface area contributed by atoms with Crippen molar-refractivity contribution in [2.75, 3.05) is 19.8 Å². The smallest absolute Gasteiger partial charge is 0.255 e. The summed E-state index contributed by atoms with van der Waals surface area (Å²) >= 11 is 0. The van der Waals surface area contributed by atoms with Crippen LogP contribution in [0.5, 0.6) is 5.75 Å². The molecule has 1 N–H and O–H groups in total. The van der Waals surface area contributed by atoms with Crippen molar-refractivity contribution in [2.24, 2.45) is 0 Å². The molecule has 3 aliphatic rings. The first-order valence-corrected chi connectivity index (χ1v) is 13.4. The highest BCUT2D eigenvalue weighted by molar-refractivity contribution is 6.47. The number of carbonyl (C=O) groups excluding carboxylic acids is 4. The summed E-state index contributed by atoms with van der Waals surface area (Å²) in [4.78, 5) is 53.1. The van der Waals surface area contributed by atoms with Gasteiger partial charge in [-0.1, -0.05) is 29.1 Å². The van der Waals surface area contributed by atoms with E-state index in [1.54, 1.807) is 12.1 Å². The van der Waals surface area contributed by atoms with E-state index in [0.717, 1.165) is 27.6 Å². The van der Waals surface area contributed by atoms with Crippen molar-refractivity contribution in [1.82, 2.24) is 15.1 Å². The number of nitrogens with zero attached hydrogens (tertiary/aromatic N) is 2. The molecule has 2 saturated heterocycles. The number of amides is 4. The highest BCUT2D eigenvalue weighted by atomic mass is 16.5. The topological polar surface area (TPSA) is 105 Å². The Hall–Kier alpha value is -3.40. The van der Waals surface area contributed by atoms with Gasteiger partial charge in [-0.2, -0.15) is 0 Å². The molecule has 4 amide bonds. The van der Waals surface area contributed by atoms with E-state index in [-0.39, 0.29) is 43.2 Å². The molecule has 0 aliphatic carbocycles. The fourth-order valence-corrected chi connectivity index (χ4v) is 6.29. The lowest BCUT2D eigenvalue weighted by molar-refractivity contribution is -0.143. The Morgan fingerprint density at radius 1 is 1.10 bits per heavy atom. The number of hydrogen-bond acceptors (Lipinski definition) is 6. The molecule has 0 spiro atoms. The molecule has 2 atom stereocenters. The van der Waals surface area contributed by atoms with Crippen LogP contribution in [0.2, 0.25) is 0 Å². The van der Waals surface area contributed by atoms with Crippen LogP contribution in [-0.2, 0) is 31.1 Å². The van der Waals surface area contributed by atoms with Gasteiger partial charge in [0, 0.05) is 30.0 Å². The number of fused-ring (bicyclic) bond motifs is 1. The van der Waals surface area contributed by atoms with Crippen molar-refractivity contribution in [1.29, 1.82) is 0 Å². The van der Waals surface area contributed by atoms with Crippen LogP contribution in [0.3, 0.4) is 0 Å². The van der Waals surface area contributed by atoms with Crippen LogP contribution in [0.4, 0.5) is 0 Å². The molecule has 196 valence electrons. The van der Waals surface area contributed by atoms with Gasteiger partial charge in [-0.25, -0.2) is 0 Å². The molecule has 0 saturated carbocycles. The maximum absolute atomic E-state index is 13.2. The van der Waals surface area contributed by atoms with Crippen LogP contribution in [0.15, 0.2) is 30.3 Å². The second-order valence-corrected chi connectivity index (χ2v) is 11.1. The normalized spacial score (nSPS) is 20.6. The van der Waals surface area contributed by atoms with E-state index in [9.17, 15) is 19.2 Å². The molecular formula is C25H30B5N3O6. The van der Waals surface area contributed by atoms with E-state index in [1.165, 1.54) is 4.90 Å². The third-order valence-electron chi connectivity index (χ3n) is 8.03. The van der Waals surface area contributed by atoms with E-state index in [2.05, 4.69) is 33.1 Å². The van der Waals surface area contributed by atoms with E-state index < -0.39 is 17.3 Å². The van der Waals surface area contributed by atoms with Crippen LogP contribution in [0, 0.1) is 0 Å². The number of carbonyl (C=O) groups is 4. The number of nitrogens with one attached hydrogen (secondary N) is 1. The SMILES string of the molecule is Bc1cc(C(B)N2CCOCC2=O)cc(B)c1C(B)(B)Oc1cccc2c1CN(C1CCC(=O)NC1=O)C2=O. The fraction of sp³-hybridized carbons (Fsp3) is 0.360. The Morgan fingerprint density at radius 2 is 1.82 bits per heavy atom. The number of piperidine rings is 1. The molecule has 2 fully saturated rings. The van der Waals surface area contributed by atoms with Gasteiger partial charge in [-0.15, -0.1) is 0 Å². The van der Waals surface area contributed by atoms with E-state index in [0.29, 0.717) is 30.9 Å². The Kier molecular flexibility index (Phi) is 7.18. The van der Waals surface area contributed by atoms with Crippen molar-refractivity contribution in [3.63, 3.8) is 0 Å². The van der Waals surface area contributed by atoms with Gasteiger partial charge in [0.25, 0.3) is 5.91 Å². The van der Waals surface area contributed by atoms with Crippen LogP contribution in [0.25, 0.3) is 0 Å². The molecule has 0 bridgehead atoms. The van der Waals surface area contributed by atoms with Crippen molar-refractivity contribution in [2.45, 2.75) is 36.8 Å². The molecule has 2 unspecified atom stereocenters. The zero-order chi connectivity index (χ0) is 28.1. The van der Waals surface area contributed by atoms with Gasteiger partial charge >= 0.3 is 0 Å². The lowest BCUT2D eigenvalue weighted by Crippen LogP contribution is -2.52. The summed E-state index contributed by atoms with van der Waals surface area (Å²) in [6, 6.07) is 8.95. The predicted molar refractivity (Wildman–Crippen MR) is 158 cm³/mol. The first-order valence-electron chi connectivity index (χ1n) is 13.4. The maximum Gasteiger partial charge on any atom is 0.255 e. The second kappa shape index (κ2) is 10.3. The third-order valence-corrected chi connectivity index (χ3v) is 8.03.